The maximum Gasteiger partial charge on any atom is 0.228 e. The Morgan fingerprint density at radius 1 is 1.06 bits per heavy atom. The first-order valence-electron chi connectivity index (χ1n) is 10.1. The minimum Gasteiger partial charge on any atom is -0.370 e. The van der Waals surface area contributed by atoms with E-state index in [9.17, 15) is 4.39 Å². The van der Waals surface area contributed by atoms with Crippen LogP contribution in [0.15, 0.2) is 36.8 Å². The molecule has 0 aliphatic carbocycles. The summed E-state index contributed by atoms with van der Waals surface area (Å²) in [5.41, 5.74) is 3.08. The summed E-state index contributed by atoms with van der Waals surface area (Å²) in [5, 5.41) is 0.308. The normalized spacial score (nSPS) is 16.5. The summed E-state index contributed by atoms with van der Waals surface area (Å²) in [6.45, 7) is 5.22. The second-order valence-corrected chi connectivity index (χ2v) is 7.99. The van der Waals surface area contributed by atoms with Crippen molar-refractivity contribution < 1.29 is 9.13 Å². The van der Waals surface area contributed by atoms with Gasteiger partial charge < -0.3 is 9.64 Å². The van der Waals surface area contributed by atoms with E-state index < -0.39 is 5.82 Å². The van der Waals surface area contributed by atoms with Crippen molar-refractivity contribution in [3.63, 3.8) is 0 Å². The number of halogens is 2. The minimum absolute atomic E-state index is 0.233. The molecule has 4 heterocycles. The Bertz CT molecular complexity index is 1300. The van der Waals surface area contributed by atoms with Crippen molar-refractivity contribution in [1.82, 2.24) is 29.9 Å². The molecular formula is C22H19ClFN7O. The van der Waals surface area contributed by atoms with E-state index in [2.05, 4.69) is 24.9 Å². The standard InChI is InChI=1S/C22H19ClFN7O/c1-12-8-27-20-19(16-4-3-15(23)7-17(16)24)29-22(30-21(20)28-12)31-5-6-32-18(11-31)14-9-25-13(2)26-10-14/h3-4,7-10,18H,5-6,11H2,1-2H3. The van der Waals surface area contributed by atoms with Crippen LogP contribution in [0.3, 0.4) is 0 Å². The summed E-state index contributed by atoms with van der Waals surface area (Å²) in [7, 11) is 0. The van der Waals surface area contributed by atoms with E-state index in [1.165, 1.54) is 6.07 Å². The zero-order chi connectivity index (χ0) is 22.2. The Balaban J connectivity index is 1.58. The van der Waals surface area contributed by atoms with Crippen LogP contribution >= 0.6 is 11.6 Å². The Morgan fingerprint density at radius 3 is 2.66 bits per heavy atom. The second-order valence-electron chi connectivity index (χ2n) is 7.55. The van der Waals surface area contributed by atoms with Crippen molar-refractivity contribution >= 4 is 28.7 Å². The van der Waals surface area contributed by atoms with Gasteiger partial charge in [-0.05, 0) is 32.0 Å². The van der Waals surface area contributed by atoms with E-state index in [1.54, 1.807) is 30.7 Å². The molecule has 1 fully saturated rings. The molecule has 4 aromatic rings. The summed E-state index contributed by atoms with van der Waals surface area (Å²) in [4.78, 5) is 28.8. The van der Waals surface area contributed by atoms with Gasteiger partial charge in [0.05, 0.1) is 18.8 Å². The van der Waals surface area contributed by atoms with Gasteiger partial charge in [0.15, 0.2) is 5.65 Å². The number of hydrogen-bond acceptors (Lipinski definition) is 8. The van der Waals surface area contributed by atoms with Gasteiger partial charge in [-0.2, -0.15) is 4.98 Å². The molecule has 1 atom stereocenters. The van der Waals surface area contributed by atoms with Crippen molar-refractivity contribution in [2.75, 3.05) is 24.6 Å². The lowest BCUT2D eigenvalue weighted by molar-refractivity contribution is 0.0388. The lowest BCUT2D eigenvalue weighted by Crippen LogP contribution is -2.39. The highest BCUT2D eigenvalue weighted by molar-refractivity contribution is 6.30. The molecule has 3 aromatic heterocycles. The molecule has 0 radical (unpaired) electrons. The summed E-state index contributed by atoms with van der Waals surface area (Å²) in [5.74, 6) is 0.647. The van der Waals surface area contributed by atoms with Crippen molar-refractivity contribution in [2.45, 2.75) is 20.0 Å². The van der Waals surface area contributed by atoms with Gasteiger partial charge in [0, 0.05) is 41.3 Å². The molecule has 1 aromatic carbocycles. The molecule has 1 saturated heterocycles. The van der Waals surface area contributed by atoms with Crippen molar-refractivity contribution in [2.24, 2.45) is 0 Å². The number of aromatic nitrogens is 6. The number of fused-ring (bicyclic) bond motifs is 1. The van der Waals surface area contributed by atoms with Crippen LogP contribution in [-0.4, -0.2) is 49.6 Å². The van der Waals surface area contributed by atoms with Crippen LogP contribution in [0.5, 0.6) is 0 Å². The molecule has 5 rings (SSSR count). The van der Waals surface area contributed by atoms with Crippen LogP contribution in [-0.2, 0) is 4.74 Å². The van der Waals surface area contributed by atoms with Crippen LogP contribution < -0.4 is 4.90 Å². The molecule has 0 N–H and O–H groups in total. The minimum atomic E-state index is -0.484. The first kappa shape index (κ1) is 20.6. The molecule has 1 unspecified atom stereocenters. The topological polar surface area (TPSA) is 89.8 Å². The molecule has 1 aliphatic heterocycles. The maximum atomic E-state index is 14.8. The predicted molar refractivity (Wildman–Crippen MR) is 118 cm³/mol. The Hall–Kier alpha value is -3.30. The van der Waals surface area contributed by atoms with E-state index in [4.69, 9.17) is 21.3 Å². The molecular weight excluding hydrogens is 433 g/mol. The molecule has 32 heavy (non-hydrogen) atoms. The lowest BCUT2D eigenvalue weighted by Gasteiger charge is -2.33. The number of aryl methyl sites for hydroxylation is 2. The fourth-order valence-electron chi connectivity index (χ4n) is 3.59. The maximum absolute atomic E-state index is 14.8. The smallest absolute Gasteiger partial charge is 0.228 e. The van der Waals surface area contributed by atoms with Gasteiger partial charge >= 0.3 is 0 Å². The fourth-order valence-corrected chi connectivity index (χ4v) is 3.75. The van der Waals surface area contributed by atoms with E-state index >= 15 is 0 Å². The summed E-state index contributed by atoms with van der Waals surface area (Å²) in [6, 6.07) is 4.47. The van der Waals surface area contributed by atoms with E-state index in [1.807, 2.05) is 18.7 Å². The first-order valence-corrected chi connectivity index (χ1v) is 10.5. The lowest BCUT2D eigenvalue weighted by atomic mass is 10.1. The van der Waals surface area contributed by atoms with Crippen LogP contribution in [0.2, 0.25) is 5.02 Å². The van der Waals surface area contributed by atoms with Crippen molar-refractivity contribution in [3.05, 3.63) is 64.7 Å². The van der Waals surface area contributed by atoms with Crippen molar-refractivity contribution in [1.29, 1.82) is 0 Å². The highest BCUT2D eigenvalue weighted by atomic mass is 35.5. The number of morpholine rings is 1. The first-order chi connectivity index (χ1) is 15.5. The van der Waals surface area contributed by atoms with Crippen LogP contribution in [0.1, 0.15) is 23.2 Å². The van der Waals surface area contributed by atoms with Crippen LogP contribution in [0.4, 0.5) is 10.3 Å². The number of benzene rings is 1. The second kappa shape index (κ2) is 8.33. The number of anilines is 1. The van der Waals surface area contributed by atoms with Gasteiger partial charge in [-0.1, -0.05) is 11.6 Å². The third-order valence-corrected chi connectivity index (χ3v) is 5.46. The number of nitrogens with zero attached hydrogens (tertiary/aromatic N) is 7. The average Bonchev–Trinajstić information content (AvgIpc) is 2.79. The summed E-state index contributed by atoms with van der Waals surface area (Å²) >= 11 is 5.95. The van der Waals surface area contributed by atoms with Gasteiger partial charge in [-0.25, -0.2) is 29.3 Å². The third-order valence-electron chi connectivity index (χ3n) is 5.22. The van der Waals surface area contributed by atoms with Crippen LogP contribution in [0, 0.1) is 19.7 Å². The number of hydrogen-bond donors (Lipinski definition) is 0. The van der Waals surface area contributed by atoms with Gasteiger partial charge in [0.25, 0.3) is 0 Å². The summed E-state index contributed by atoms with van der Waals surface area (Å²) in [6.07, 6.45) is 4.91. The highest BCUT2D eigenvalue weighted by Crippen LogP contribution is 2.31. The van der Waals surface area contributed by atoms with Gasteiger partial charge in [0.1, 0.15) is 29.0 Å². The highest BCUT2D eigenvalue weighted by Gasteiger charge is 2.26. The zero-order valence-corrected chi connectivity index (χ0v) is 18.2. The Morgan fingerprint density at radius 2 is 1.88 bits per heavy atom. The van der Waals surface area contributed by atoms with Gasteiger partial charge in [-0.15, -0.1) is 0 Å². The van der Waals surface area contributed by atoms with Crippen LogP contribution in [0.25, 0.3) is 22.4 Å². The zero-order valence-electron chi connectivity index (χ0n) is 17.5. The molecule has 162 valence electrons. The summed E-state index contributed by atoms with van der Waals surface area (Å²) < 4.78 is 20.7. The largest absolute Gasteiger partial charge is 0.370 e. The number of rotatable bonds is 3. The van der Waals surface area contributed by atoms with E-state index in [-0.39, 0.29) is 11.7 Å². The third kappa shape index (κ3) is 3.96. The van der Waals surface area contributed by atoms with E-state index in [0.717, 1.165) is 5.56 Å². The molecule has 1 aliphatic rings. The Labute approximate surface area is 188 Å². The quantitative estimate of drug-likeness (QED) is 0.463. The van der Waals surface area contributed by atoms with Gasteiger partial charge in [-0.3, -0.25) is 0 Å². The van der Waals surface area contributed by atoms with Crippen molar-refractivity contribution in [3.8, 4) is 11.3 Å². The van der Waals surface area contributed by atoms with E-state index in [0.29, 0.717) is 59.0 Å². The molecule has 0 spiro atoms. The average molecular weight is 452 g/mol. The molecule has 8 nitrogen and oxygen atoms in total. The molecule has 0 amide bonds. The molecule has 0 saturated carbocycles. The molecule has 0 bridgehead atoms. The van der Waals surface area contributed by atoms with Gasteiger partial charge in [0.2, 0.25) is 5.95 Å². The molecule has 10 heteroatoms. The monoisotopic (exact) mass is 451 g/mol. The number of ether oxygens (including phenoxy) is 1. The SMILES string of the molecule is Cc1cnc2c(-c3ccc(Cl)cc3F)nc(N3CCOC(c4cnc(C)nc4)C3)nc2n1. The predicted octanol–water partition coefficient (Wildman–Crippen LogP) is 3.86. The fraction of sp³-hybridized carbons (Fsp3) is 0.273. The Kier molecular flexibility index (Phi) is 5.36.